The van der Waals surface area contributed by atoms with E-state index in [-0.39, 0.29) is 11.3 Å². The average Bonchev–Trinajstić information content (AvgIpc) is 3.17. The third kappa shape index (κ3) is 4.23. The molecule has 0 spiro atoms. The van der Waals surface area contributed by atoms with Crippen molar-refractivity contribution in [2.75, 3.05) is 18.9 Å². The first kappa shape index (κ1) is 19.7. The van der Waals surface area contributed by atoms with E-state index in [9.17, 15) is 4.79 Å². The number of aromatic nitrogens is 4. The number of pyridine rings is 1. The molecule has 3 aromatic rings. The van der Waals surface area contributed by atoms with Gasteiger partial charge < -0.3 is 10.6 Å². The number of nitrogens with one attached hydrogen (secondary N) is 2. The highest BCUT2D eigenvalue weighted by molar-refractivity contribution is 7.15. The summed E-state index contributed by atoms with van der Waals surface area (Å²) in [6.07, 6.45) is 7.09. The molecule has 3 heterocycles. The van der Waals surface area contributed by atoms with Crippen LogP contribution in [0.1, 0.15) is 29.8 Å². The van der Waals surface area contributed by atoms with E-state index >= 15 is 0 Å². The van der Waals surface area contributed by atoms with Gasteiger partial charge in [-0.3, -0.25) is 9.78 Å². The minimum atomic E-state index is -0.0528. The van der Waals surface area contributed by atoms with E-state index in [1.807, 2.05) is 24.3 Å². The lowest BCUT2D eigenvalue weighted by molar-refractivity contribution is -0.119. The molecule has 9 heteroatoms. The second kappa shape index (κ2) is 8.42. The van der Waals surface area contributed by atoms with E-state index in [1.54, 1.807) is 19.4 Å². The summed E-state index contributed by atoms with van der Waals surface area (Å²) >= 11 is 7.83. The van der Waals surface area contributed by atoms with Crippen molar-refractivity contribution in [1.29, 1.82) is 0 Å². The quantitative estimate of drug-likeness (QED) is 0.598. The second-order valence-corrected chi connectivity index (χ2v) is 8.63. The van der Waals surface area contributed by atoms with Crippen molar-refractivity contribution in [1.82, 2.24) is 25.5 Å². The summed E-state index contributed by atoms with van der Waals surface area (Å²) in [6, 6.07) is 7.53. The lowest BCUT2D eigenvalue weighted by Crippen LogP contribution is -2.42. The molecule has 1 aliphatic carbocycles. The summed E-state index contributed by atoms with van der Waals surface area (Å²) in [7, 11) is 1.62. The van der Waals surface area contributed by atoms with Crippen molar-refractivity contribution in [3.05, 3.63) is 52.3 Å². The first-order chi connectivity index (χ1) is 14.1. The number of carbonyl (C=O) groups excluding carboxylic acids is 1. The summed E-state index contributed by atoms with van der Waals surface area (Å²) in [6.45, 7) is 0.714. The molecule has 0 atom stereocenters. The van der Waals surface area contributed by atoms with Gasteiger partial charge in [-0.05, 0) is 37.1 Å². The number of amides is 1. The van der Waals surface area contributed by atoms with E-state index in [4.69, 9.17) is 11.6 Å². The number of rotatable bonds is 7. The zero-order chi connectivity index (χ0) is 20.3. The van der Waals surface area contributed by atoms with Crippen LogP contribution in [-0.2, 0) is 16.6 Å². The molecule has 150 valence electrons. The Bertz CT molecular complexity index is 1000. The number of hydrogen-bond acceptors (Lipinski definition) is 7. The van der Waals surface area contributed by atoms with E-state index < -0.39 is 0 Å². The molecule has 1 amide bonds. The highest BCUT2D eigenvalue weighted by Crippen LogP contribution is 2.45. The Labute approximate surface area is 178 Å². The molecule has 4 rings (SSSR count). The molecule has 1 fully saturated rings. The molecule has 1 saturated carbocycles. The lowest BCUT2D eigenvalue weighted by atomic mass is 9.66. The molecular formula is C20H21ClN6OS. The Kier molecular flexibility index (Phi) is 5.73. The van der Waals surface area contributed by atoms with Crippen LogP contribution in [0.2, 0.25) is 5.02 Å². The summed E-state index contributed by atoms with van der Waals surface area (Å²) in [5.74, 6) is 0.665. The number of thiazole rings is 1. The molecule has 7 nitrogen and oxygen atoms in total. The second-order valence-electron chi connectivity index (χ2n) is 7.11. The molecule has 0 aliphatic heterocycles. The van der Waals surface area contributed by atoms with Gasteiger partial charge in [0.1, 0.15) is 16.5 Å². The van der Waals surface area contributed by atoms with Crippen molar-refractivity contribution in [3.8, 4) is 10.7 Å². The van der Waals surface area contributed by atoms with Gasteiger partial charge in [-0.25, -0.2) is 4.98 Å². The van der Waals surface area contributed by atoms with Crippen LogP contribution in [0.4, 0.5) is 5.82 Å². The maximum absolute atomic E-state index is 11.5. The molecule has 0 bridgehead atoms. The zero-order valence-corrected chi connectivity index (χ0v) is 17.6. The monoisotopic (exact) mass is 428 g/mol. The predicted molar refractivity (Wildman–Crippen MR) is 114 cm³/mol. The first-order valence-corrected chi connectivity index (χ1v) is 10.6. The summed E-state index contributed by atoms with van der Waals surface area (Å²) < 4.78 is 0. The molecule has 29 heavy (non-hydrogen) atoms. The number of carbonyl (C=O) groups is 1. The van der Waals surface area contributed by atoms with Gasteiger partial charge in [0, 0.05) is 36.3 Å². The fourth-order valence-electron chi connectivity index (χ4n) is 3.43. The Hall–Kier alpha value is -2.58. The van der Waals surface area contributed by atoms with Gasteiger partial charge in [-0.2, -0.15) is 0 Å². The Morgan fingerprint density at radius 3 is 2.76 bits per heavy atom. The topological polar surface area (TPSA) is 92.7 Å². The van der Waals surface area contributed by atoms with Crippen LogP contribution in [0.3, 0.4) is 0 Å². The van der Waals surface area contributed by atoms with Crippen LogP contribution in [0, 0.1) is 0 Å². The zero-order valence-electron chi connectivity index (χ0n) is 16.0. The van der Waals surface area contributed by atoms with Crippen LogP contribution < -0.4 is 10.6 Å². The number of nitrogens with zero attached hydrogens (tertiary/aromatic N) is 4. The third-order valence-corrected chi connectivity index (χ3v) is 6.56. The number of anilines is 1. The molecular weight excluding hydrogens is 408 g/mol. The number of hydrogen-bond donors (Lipinski definition) is 2. The molecule has 0 aromatic carbocycles. The predicted octanol–water partition coefficient (Wildman–Crippen LogP) is 3.47. The molecule has 3 aromatic heterocycles. The fraction of sp³-hybridized carbons (Fsp3) is 0.350. The highest BCUT2D eigenvalue weighted by atomic mass is 35.5. The average molecular weight is 429 g/mol. The van der Waals surface area contributed by atoms with E-state index in [2.05, 4.69) is 30.8 Å². The maximum Gasteiger partial charge on any atom is 0.225 e. The largest absolute Gasteiger partial charge is 0.368 e. The minimum absolute atomic E-state index is 0.0382. The van der Waals surface area contributed by atoms with Crippen LogP contribution >= 0.6 is 22.9 Å². The highest BCUT2D eigenvalue weighted by Gasteiger charge is 2.41. The van der Waals surface area contributed by atoms with Crippen LogP contribution in [0.25, 0.3) is 10.7 Å². The molecule has 1 aliphatic rings. The third-order valence-electron chi connectivity index (χ3n) is 5.23. The Balaban J connectivity index is 1.42. The van der Waals surface area contributed by atoms with Crippen molar-refractivity contribution in [2.24, 2.45) is 0 Å². The molecule has 0 unspecified atom stereocenters. The van der Waals surface area contributed by atoms with E-state index in [1.165, 1.54) is 17.8 Å². The van der Waals surface area contributed by atoms with Gasteiger partial charge in [0.2, 0.25) is 5.91 Å². The number of likely N-dealkylation sites (N-methyl/N-ethyl adjacent to an activating group) is 1. The molecule has 2 N–H and O–H groups in total. The fourth-order valence-corrected chi connectivity index (χ4v) is 4.63. The van der Waals surface area contributed by atoms with Crippen molar-refractivity contribution in [2.45, 2.75) is 31.1 Å². The van der Waals surface area contributed by atoms with Gasteiger partial charge in [0.25, 0.3) is 0 Å². The van der Waals surface area contributed by atoms with E-state index in [0.717, 1.165) is 28.4 Å². The number of halogens is 1. The molecule has 0 saturated heterocycles. The van der Waals surface area contributed by atoms with E-state index in [0.29, 0.717) is 29.5 Å². The van der Waals surface area contributed by atoms with Crippen LogP contribution in [0.5, 0.6) is 0 Å². The van der Waals surface area contributed by atoms with Gasteiger partial charge in [-0.1, -0.05) is 18.0 Å². The smallest absolute Gasteiger partial charge is 0.225 e. The summed E-state index contributed by atoms with van der Waals surface area (Å²) in [5.41, 5.74) is 1.59. The lowest BCUT2D eigenvalue weighted by Gasteiger charge is -2.42. The summed E-state index contributed by atoms with van der Waals surface area (Å²) in [4.78, 5) is 21.3. The van der Waals surface area contributed by atoms with Gasteiger partial charge in [0.15, 0.2) is 0 Å². The summed E-state index contributed by atoms with van der Waals surface area (Å²) in [5, 5.41) is 16.0. The van der Waals surface area contributed by atoms with Crippen molar-refractivity contribution >= 4 is 34.7 Å². The maximum atomic E-state index is 11.5. The van der Waals surface area contributed by atoms with Gasteiger partial charge >= 0.3 is 0 Å². The normalized spacial score (nSPS) is 14.8. The van der Waals surface area contributed by atoms with Gasteiger partial charge in [-0.15, -0.1) is 21.5 Å². The standard InChI is InChI=1S/C20H21ClN6OS/c1-22-17(28)10-13-11-24-19(29-13)15-5-6-16(27-26-15)25-12-20(7-3-8-20)18-14(21)4-2-9-23-18/h2,4-6,9,11H,3,7-8,10,12H2,1H3,(H,22,28)(H,25,27). The van der Waals surface area contributed by atoms with Crippen LogP contribution in [-0.4, -0.2) is 39.7 Å². The van der Waals surface area contributed by atoms with Crippen molar-refractivity contribution in [3.63, 3.8) is 0 Å². The molecule has 0 radical (unpaired) electrons. The SMILES string of the molecule is CNC(=O)Cc1cnc(-c2ccc(NCC3(c4ncccc4Cl)CCC3)nn2)s1. The minimum Gasteiger partial charge on any atom is -0.368 e. The first-order valence-electron chi connectivity index (χ1n) is 9.44. The van der Waals surface area contributed by atoms with Crippen molar-refractivity contribution < 1.29 is 4.79 Å². The van der Waals surface area contributed by atoms with Gasteiger partial charge in [0.05, 0.1) is 17.1 Å². The Morgan fingerprint density at radius 2 is 2.10 bits per heavy atom. The van der Waals surface area contributed by atoms with Crippen LogP contribution in [0.15, 0.2) is 36.7 Å². The Morgan fingerprint density at radius 1 is 1.24 bits per heavy atom.